The van der Waals surface area contributed by atoms with Crippen LogP contribution in [0.15, 0.2) is 79.3 Å². The molecular formula is C25H26N4O4S. The highest BCUT2D eigenvalue weighted by atomic mass is 32.2. The molecule has 0 saturated heterocycles. The second-order valence-electron chi connectivity index (χ2n) is 7.51. The lowest BCUT2D eigenvalue weighted by molar-refractivity contribution is -0.118. The number of nitrogens with one attached hydrogen (secondary N) is 1. The number of ether oxygens (including phenoxy) is 2. The van der Waals surface area contributed by atoms with Crippen LogP contribution in [0, 0.1) is 0 Å². The molecule has 1 N–H and O–H groups in total. The number of carbonyl (C=O) groups is 1. The molecule has 8 nitrogen and oxygen atoms in total. The topological polar surface area (TPSA) is 87.4 Å². The molecule has 0 aliphatic carbocycles. The fourth-order valence-electron chi connectivity index (χ4n) is 3.62. The first-order chi connectivity index (χ1) is 16.6. The van der Waals surface area contributed by atoms with E-state index in [-0.39, 0.29) is 24.0 Å². The summed E-state index contributed by atoms with van der Waals surface area (Å²) in [7, 11) is 1.73. The van der Waals surface area contributed by atoms with Crippen molar-refractivity contribution in [3.63, 3.8) is 0 Å². The van der Waals surface area contributed by atoms with Gasteiger partial charge in [-0.15, -0.1) is 0 Å². The molecule has 4 rings (SSSR count). The molecule has 0 bridgehead atoms. The zero-order valence-electron chi connectivity index (χ0n) is 19.0. The number of rotatable bonds is 10. The molecule has 9 heteroatoms. The molecule has 0 radical (unpaired) electrons. The number of nitrogens with zero attached hydrogens (tertiary/aromatic N) is 3. The third kappa shape index (κ3) is 5.37. The number of hydrogen-bond acceptors (Lipinski definition) is 5. The van der Waals surface area contributed by atoms with Crippen molar-refractivity contribution >= 4 is 16.7 Å². The summed E-state index contributed by atoms with van der Waals surface area (Å²) in [4.78, 5) is 12.5. The van der Waals surface area contributed by atoms with Crippen molar-refractivity contribution in [1.82, 2.24) is 19.7 Å². The van der Waals surface area contributed by atoms with Crippen molar-refractivity contribution in [3.8, 4) is 23.0 Å². The molecule has 0 fully saturated rings. The molecular weight excluding hydrogens is 452 g/mol. The maximum absolute atomic E-state index is 12.9. The Labute approximate surface area is 200 Å². The van der Waals surface area contributed by atoms with Crippen LogP contribution in [0.1, 0.15) is 11.1 Å². The normalized spacial score (nSPS) is 11.7. The Hall–Kier alpha value is -3.85. The van der Waals surface area contributed by atoms with E-state index in [1.807, 2.05) is 64.1 Å². The Morgan fingerprint density at radius 2 is 1.76 bits per heavy atom. The second kappa shape index (κ2) is 10.8. The van der Waals surface area contributed by atoms with Crippen molar-refractivity contribution in [2.75, 3.05) is 20.0 Å². The molecule has 1 atom stereocenters. The zero-order chi connectivity index (χ0) is 23.9. The molecule has 34 heavy (non-hydrogen) atoms. The Bertz CT molecular complexity index is 1270. The van der Waals surface area contributed by atoms with Crippen LogP contribution in [-0.2, 0) is 27.9 Å². The number of hydrogen-bond donors (Lipinski definition) is 1. The van der Waals surface area contributed by atoms with Crippen LogP contribution in [-0.4, -0.2) is 44.4 Å². The highest BCUT2D eigenvalue weighted by Gasteiger charge is 2.18. The fraction of sp³-hybridized carbons (Fsp3) is 0.200. The van der Waals surface area contributed by atoms with Gasteiger partial charge in [0, 0.05) is 40.9 Å². The van der Waals surface area contributed by atoms with Gasteiger partial charge >= 0.3 is 0 Å². The van der Waals surface area contributed by atoms with Crippen LogP contribution < -0.4 is 14.8 Å². The summed E-state index contributed by atoms with van der Waals surface area (Å²) in [6.45, 7) is 0.247. The summed E-state index contributed by atoms with van der Waals surface area (Å²) in [5.41, 5.74) is 2.47. The van der Waals surface area contributed by atoms with E-state index in [9.17, 15) is 9.00 Å². The predicted octanol–water partition coefficient (Wildman–Crippen LogP) is 3.25. The smallest absolute Gasteiger partial charge is 0.232 e. The molecule has 0 saturated carbocycles. The third-order valence-electron chi connectivity index (χ3n) is 5.24. The highest BCUT2D eigenvalue weighted by molar-refractivity contribution is 7.84. The molecule has 0 aliphatic rings. The summed E-state index contributed by atoms with van der Waals surface area (Å²) in [5, 5.41) is 7.34. The first-order valence-electron chi connectivity index (χ1n) is 10.7. The minimum atomic E-state index is -1.42. The van der Waals surface area contributed by atoms with Gasteiger partial charge in [0.1, 0.15) is 23.1 Å². The van der Waals surface area contributed by atoms with Crippen LogP contribution in [0.3, 0.4) is 0 Å². The van der Waals surface area contributed by atoms with Gasteiger partial charge in [-0.05, 0) is 42.5 Å². The number of aromatic nitrogens is 3. The Morgan fingerprint density at radius 3 is 2.47 bits per heavy atom. The quantitative estimate of drug-likeness (QED) is 0.378. The van der Waals surface area contributed by atoms with E-state index in [1.165, 1.54) is 0 Å². The average molecular weight is 479 g/mol. The molecule has 0 spiro atoms. The fourth-order valence-corrected chi connectivity index (χ4v) is 4.67. The largest absolute Gasteiger partial charge is 0.497 e. The summed E-state index contributed by atoms with van der Waals surface area (Å²) in [6, 6.07) is 19.0. The first-order valence-corrected chi connectivity index (χ1v) is 12.2. The molecule has 2 heterocycles. The van der Waals surface area contributed by atoms with Gasteiger partial charge in [-0.3, -0.25) is 9.00 Å². The Kier molecular flexibility index (Phi) is 7.44. The lowest BCUT2D eigenvalue weighted by Gasteiger charge is -2.12. The standard InChI is InChI=1S/C25H26N4O4S/c1-32-22-10-11-23(33-2)19(14-22)15-26-24(30)18-34(31)17-20-16-27-29(21-8-4-3-5-9-21)25(20)28-12-6-7-13-28/h3-14,16H,15,17-18H2,1-2H3,(H,26,30). The highest BCUT2D eigenvalue weighted by Crippen LogP contribution is 2.24. The van der Waals surface area contributed by atoms with E-state index in [4.69, 9.17) is 9.47 Å². The molecule has 1 amide bonds. The van der Waals surface area contributed by atoms with E-state index in [0.29, 0.717) is 11.5 Å². The molecule has 1 unspecified atom stereocenters. The van der Waals surface area contributed by atoms with Gasteiger partial charge in [0.25, 0.3) is 0 Å². The third-order valence-corrected chi connectivity index (χ3v) is 6.46. The molecule has 176 valence electrons. The van der Waals surface area contributed by atoms with Crippen LogP contribution in [0.25, 0.3) is 11.5 Å². The van der Waals surface area contributed by atoms with Crippen LogP contribution in [0.5, 0.6) is 11.5 Å². The number of amides is 1. The second-order valence-corrected chi connectivity index (χ2v) is 8.97. The zero-order valence-corrected chi connectivity index (χ0v) is 19.8. The van der Waals surface area contributed by atoms with Crippen molar-refractivity contribution in [2.24, 2.45) is 0 Å². The van der Waals surface area contributed by atoms with Gasteiger partial charge < -0.3 is 19.4 Å². The van der Waals surface area contributed by atoms with Gasteiger partial charge in [-0.1, -0.05) is 18.2 Å². The lowest BCUT2D eigenvalue weighted by Crippen LogP contribution is -2.28. The summed E-state index contributed by atoms with van der Waals surface area (Å²) in [6.07, 6.45) is 5.54. The molecule has 0 aliphatic heterocycles. The maximum atomic E-state index is 12.9. The van der Waals surface area contributed by atoms with E-state index >= 15 is 0 Å². The van der Waals surface area contributed by atoms with E-state index < -0.39 is 10.8 Å². The lowest BCUT2D eigenvalue weighted by atomic mass is 10.2. The summed E-state index contributed by atoms with van der Waals surface area (Å²) < 4.78 is 27.2. The van der Waals surface area contributed by atoms with E-state index in [0.717, 1.165) is 22.6 Å². The van der Waals surface area contributed by atoms with Gasteiger partial charge in [-0.2, -0.15) is 5.10 Å². The van der Waals surface area contributed by atoms with Crippen molar-refractivity contribution < 1.29 is 18.5 Å². The van der Waals surface area contributed by atoms with Crippen LogP contribution >= 0.6 is 0 Å². The molecule has 2 aromatic heterocycles. The Morgan fingerprint density at radius 1 is 1.00 bits per heavy atom. The number of methoxy groups -OCH3 is 2. The maximum Gasteiger partial charge on any atom is 0.232 e. The van der Waals surface area contributed by atoms with Gasteiger partial charge in [0.05, 0.1) is 31.9 Å². The molecule has 2 aromatic carbocycles. The van der Waals surface area contributed by atoms with E-state index in [1.54, 1.807) is 38.6 Å². The predicted molar refractivity (Wildman–Crippen MR) is 131 cm³/mol. The summed E-state index contributed by atoms with van der Waals surface area (Å²) >= 11 is 0. The minimum Gasteiger partial charge on any atom is -0.497 e. The number of para-hydroxylation sites is 1. The van der Waals surface area contributed by atoms with Crippen LogP contribution in [0.4, 0.5) is 0 Å². The van der Waals surface area contributed by atoms with E-state index in [2.05, 4.69) is 10.4 Å². The minimum absolute atomic E-state index is 0.117. The van der Waals surface area contributed by atoms with Crippen LogP contribution in [0.2, 0.25) is 0 Å². The SMILES string of the molecule is COc1ccc(OC)c(CNC(=O)CS(=O)Cc2cnn(-c3ccccc3)c2-n2cccc2)c1. The molecule has 4 aromatic rings. The van der Waals surface area contributed by atoms with Crippen molar-refractivity contribution in [2.45, 2.75) is 12.3 Å². The monoisotopic (exact) mass is 478 g/mol. The van der Waals surface area contributed by atoms with Crippen molar-refractivity contribution in [3.05, 3.63) is 90.4 Å². The number of benzene rings is 2. The first kappa shape index (κ1) is 23.3. The summed E-state index contributed by atoms with van der Waals surface area (Å²) in [5.74, 6) is 1.89. The average Bonchev–Trinajstić information content (AvgIpc) is 3.53. The van der Waals surface area contributed by atoms with Gasteiger partial charge in [-0.25, -0.2) is 4.68 Å². The van der Waals surface area contributed by atoms with Gasteiger partial charge in [0.2, 0.25) is 5.91 Å². The Balaban J connectivity index is 1.44. The van der Waals surface area contributed by atoms with Crippen molar-refractivity contribution in [1.29, 1.82) is 0 Å². The van der Waals surface area contributed by atoms with Gasteiger partial charge in [0.15, 0.2) is 0 Å². The number of carbonyl (C=O) groups excluding carboxylic acids is 1.